The highest BCUT2D eigenvalue weighted by atomic mass is 35.5. The Hall–Kier alpha value is -1.18. The van der Waals surface area contributed by atoms with E-state index in [0.29, 0.717) is 16.3 Å². The molecule has 1 unspecified atom stereocenters. The molecule has 0 aliphatic carbocycles. The van der Waals surface area contributed by atoms with Crippen LogP contribution < -0.4 is 5.32 Å². The maximum absolute atomic E-state index is 12.2. The highest BCUT2D eigenvalue weighted by molar-refractivity contribution is 8.01. The summed E-state index contributed by atoms with van der Waals surface area (Å²) in [5.74, 6) is 0.970. The van der Waals surface area contributed by atoms with E-state index in [-0.39, 0.29) is 10.7 Å². The number of thioether (sulfide) groups is 1. The minimum atomic E-state index is -0.383. The second kappa shape index (κ2) is 5.21. The average molecular weight is 281 g/mol. The van der Waals surface area contributed by atoms with Crippen molar-refractivity contribution < 1.29 is 4.79 Å². The van der Waals surface area contributed by atoms with Crippen LogP contribution in [0, 0.1) is 11.3 Å². The first-order valence-corrected chi connectivity index (χ1v) is 7.06. The first kappa shape index (κ1) is 13.3. The molecule has 5 heteroatoms. The zero-order chi connectivity index (χ0) is 13.2. The van der Waals surface area contributed by atoms with Gasteiger partial charge in [-0.05, 0) is 43.7 Å². The molecule has 0 saturated carbocycles. The van der Waals surface area contributed by atoms with Gasteiger partial charge in [-0.25, -0.2) is 0 Å². The molecule has 1 aliphatic rings. The Morgan fingerprint density at radius 3 is 3.00 bits per heavy atom. The molecule has 3 nitrogen and oxygen atoms in total. The summed E-state index contributed by atoms with van der Waals surface area (Å²) in [6.45, 7) is 1.95. The van der Waals surface area contributed by atoms with E-state index in [4.69, 9.17) is 16.9 Å². The second-order valence-corrected chi connectivity index (χ2v) is 6.45. The normalized spacial score (nSPS) is 22.5. The van der Waals surface area contributed by atoms with Gasteiger partial charge in [-0.1, -0.05) is 11.6 Å². The summed E-state index contributed by atoms with van der Waals surface area (Å²) in [5.41, 5.74) is 0.994. The summed E-state index contributed by atoms with van der Waals surface area (Å²) in [6, 6.07) is 6.89. The van der Waals surface area contributed by atoms with Crippen LogP contribution in [0.4, 0.5) is 5.69 Å². The van der Waals surface area contributed by atoms with Crippen LogP contribution >= 0.6 is 23.4 Å². The van der Waals surface area contributed by atoms with Crippen molar-refractivity contribution in [3.63, 3.8) is 0 Å². The monoisotopic (exact) mass is 280 g/mol. The number of halogens is 1. The predicted octanol–water partition coefficient (Wildman–Crippen LogP) is 3.44. The van der Waals surface area contributed by atoms with Crippen molar-refractivity contribution in [1.29, 1.82) is 5.26 Å². The van der Waals surface area contributed by atoms with Crippen LogP contribution in [-0.2, 0) is 4.79 Å². The van der Waals surface area contributed by atoms with Gasteiger partial charge in [0.2, 0.25) is 5.91 Å². The highest BCUT2D eigenvalue weighted by Crippen LogP contribution is 2.39. The van der Waals surface area contributed by atoms with Gasteiger partial charge >= 0.3 is 0 Å². The summed E-state index contributed by atoms with van der Waals surface area (Å²) >= 11 is 7.69. The average Bonchev–Trinajstić information content (AvgIpc) is 2.80. The van der Waals surface area contributed by atoms with Gasteiger partial charge in [0.05, 0.1) is 27.1 Å². The van der Waals surface area contributed by atoms with E-state index in [2.05, 4.69) is 5.32 Å². The number of anilines is 1. The first-order chi connectivity index (χ1) is 8.55. The molecule has 1 atom stereocenters. The van der Waals surface area contributed by atoms with Crippen molar-refractivity contribution in [3.8, 4) is 6.07 Å². The van der Waals surface area contributed by atoms with Crippen molar-refractivity contribution in [3.05, 3.63) is 28.8 Å². The third-order valence-corrected chi connectivity index (χ3v) is 4.89. The smallest absolute Gasteiger partial charge is 0.240 e. The summed E-state index contributed by atoms with van der Waals surface area (Å²) in [7, 11) is 0. The van der Waals surface area contributed by atoms with Crippen molar-refractivity contribution in [2.45, 2.75) is 24.5 Å². The minimum Gasteiger partial charge on any atom is -0.324 e. The third-order valence-electron chi connectivity index (χ3n) is 3.04. The molecule has 1 N–H and O–H groups in total. The number of hydrogen-bond acceptors (Lipinski definition) is 3. The Bertz CT molecular complexity index is 518. The summed E-state index contributed by atoms with van der Waals surface area (Å²) < 4.78 is -0.383. The highest BCUT2D eigenvalue weighted by Gasteiger charge is 2.37. The van der Waals surface area contributed by atoms with E-state index in [1.54, 1.807) is 30.0 Å². The number of carbonyl (C=O) groups excluding carboxylic acids is 1. The molecule has 1 amide bonds. The molecule has 2 rings (SSSR count). The topological polar surface area (TPSA) is 52.9 Å². The Kier molecular flexibility index (Phi) is 3.84. The van der Waals surface area contributed by atoms with Gasteiger partial charge in [0, 0.05) is 0 Å². The Morgan fingerprint density at radius 2 is 2.39 bits per heavy atom. The van der Waals surface area contributed by atoms with Gasteiger partial charge in [0.25, 0.3) is 0 Å². The van der Waals surface area contributed by atoms with Gasteiger partial charge < -0.3 is 5.32 Å². The number of rotatable bonds is 2. The SMILES string of the molecule is CC1(C(=O)Nc2cc(C#N)ccc2Cl)CCCS1. The fourth-order valence-corrected chi connectivity index (χ4v) is 3.28. The van der Waals surface area contributed by atoms with Gasteiger partial charge in [-0.2, -0.15) is 5.26 Å². The van der Waals surface area contributed by atoms with Gasteiger partial charge in [0.15, 0.2) is 0 Å². The molecular weight excluding hydrogens is 268 g/mol. The molecule has 0 aromatic heterocycles. The molecular formula is C13H13ClN2OS. The van der Waals surface area contributed by atoms with Gasteiger partial charge in [-0.15, -0.1) is 11.8 Å². The van der Waals surface area contributed by atoms with Gasteiger partial charge in [-0.3, -0.25) is 4.79 Å². The number of nitrogens with zero attached hydrogens (tertiary/aromatic N) is 1. The van der Waals surface area contributed by atoms with Gasteiger partial charge in [0.1, 0.15) is 0 Å². The number of amides is 1. The fraction of sp³-hybridized carbons (Fsp3) is 0.385. The maximum atomic E-state index is 12.2. The Balaban J connectivity index is 2.19. The van der Waals surface area contributed by atoms with Crippen LogP contribution in [0.2, 0.25) is 5.02 Å². The number of nitriles is 1. The molecule has 1 saturated heterocycles. The predicted molar refractivity (Wildman–Crippen MR) is 74.9 cm³/mol. The molecule has 1 aromatic rings. The lowest BCUT2D eigenvalue weighted by Crippen LogP contribution is -2.34. The van der Waals surface area contributed by atoms with Crippen LogP contribution in [0.15, 0.2) is 18.2 Å². The molecule has 1 fully saturated rings. The minimum absolute atomic E-state index is 0.0398. The van der Waals surface area contributed by atoms with Crippen molar-refractivity contribution in [2.75, 3.05) is 11.1 Å². The molecule has 0 spiro atoms. The molecule has 94 valence electrons. The molecule has 18 heavy (non-hydrogen) atoms. The lowest BCUT2D eigenvalue weighted by atomic mass is 10.0. The van der Waals surface area contributed by atoms with Crippen LogP contribution in [0.5, 0.6) is 0 Å². The van der Waals surface area contributed by atoms with Crippen LogP contribution in [-0.4, -0.2) is 16.4 Å². The number of hydrogen-bond donors (Lipinski definition) is 1. The summed E-state index contributed by atoms with van der Waals surface area (Å²) in [6.07, 6.45) is 1.93. The zero-order valence-corrected chi connectivity index (χ0v) is 11.6. The van der Waals surface area contributed by atoms with Crippen molar-refractivity contribution >= 4 is 35.0 Å². The lowest BCUT2D eigenvalue weighted by molar-refractivity contribution is -0.118. The molecule has 0 bridgehead atoms. The first-order valence-electron chi connectivity index (χ1n) is 5.70. The third kappa shape index (κ3) is 2.63. The maximum Gasteiger partial charge on any atom is 0.240 e. The van der Waals surface area contributed by atoms with Crippen molar-refractivity contribution in [2.24, 2.45) is 0 Å². The number of benzene rings is 1. The van der Waals surface area contributed by atoms with Crippen LogP contribution in [0.25, 0.3) is 0 Å². The van der Waals surface area contributed by atoms with E-state index in [0.717, 1.165) is 18.6 Å². The van der Waals surface area contributed by atoms with E-state index >= 15 is 0 Å². The largest absolute Gasteiger partial charge is 0.324 e. The summed E-state index contributed by atoms with van der Waals surface area (Å²) in [4.78, 5) is 12.2. The van der Waals surface area contributed by atoms with E-state index in [9.17, 15) is 4.79 Å². The number of nitrogens with one attached hydrogen (secondary N) is 1. The Morgan fingerprint density at radius 1 is 1.61 bits per heavy atom. The number of carbonyl (C=O) groups is 1. The van der Waals surface area contributed by atoms with E-state index in [1.165, 1.54) is 0 Å². The Labute approximate surface area is 116 Å². The fourth-order valence-electron chi connectivity index (χ4n) is 1.90. The standard InChI is InChI=1S/C13H13ClN2OS/c1-13(5-2-6-18-13)12(17)16-11-7-9(8-15)3-4-10(11)14/h3-4,7H,2,5-6H2,1H3,(H,16,17). The molecule has 1 heterocycles. The van der Waals surface area contributed by atoms with Crippen LogP contribution in [0.3, 0.4) is 0 Å². The molecule has 1 aliphatic heterocycles. The zero-order valence-electron chi connectivity index (χ0n) is 10.00. The van der Waals surface area contributed by atoms with Crippen LogP contribution in [0.1, 0.15) is 25.3 Å². The second-order valence-electron chi connectivity index (χ2n) is 4.44. The quantitative estimate of drug-likeness (QED) is 0.903. The molecule has 1 aromatic carbocycles. The van der Waals surface area contributed by atoms with Crippen molar-refractivity contribution in [1.82, 2.24) is 0 Å². The van der Waals surface area contributed by atoms with E-state index in [1.807, 2.05) is 13.0 Å². The molecule has 0 radical (unpaired) electrons. The van der Waals surface area contributed by atoms with E-state index < -0.39 is 0 Å². The lowest BCUT2D eigenvalue weighted by Gasteiger charge is -2.21. The summed E-state index contributed by atoms with van der Waals surface area (Å²) in [5, 5.41) is 12.1.